The number of aliphatic hydroxyl groups excluding tert-OH is 2. The Morgan fingerprint density at radius 1 is 0.549 bits per heavy atom. The Morgan fingerprint density at radius 2 is 1.04 bits per heavy atom. The van der Waals surface area contributed by atoms with E-state index in [2.05, 4.69) is 32.9 Å². The molecule has 0 bridgehead atoms. The summed E-state index contributed by atoms with van der Waals surface area (Å²) in [4.78, 5) is 24.0. The first-order chi connectivity index (χ1) is 24.8. The minimum Gasteiger partial charge on any atom is -0.463 e. The van der Waals surface area contributed by atoms with Crippen molar-refractivity contribution in [3.8, 4) is 0 Å². The van der Waals surface area contributed by atoms with Gasteiger partial charge in [-0.15, -0.1) is 0 Å². The van der Waals surface area contributed by atoms with Crippen LogP contribution in [0.4, 0.5) is 0 Å². The Morgan fingerprint density at radius 3 is 1.59 bits per heavy atom. The molecule has 296 valence electrons. The second kappa shape index (κ2) is 39.0. The van der Waals surface area contributed by atoms with E-state index in [0.29, 0.717) is 19.3 Å². The minimum atomic E-state index is -1.00. The number of rotatable bonds is 37. The standard InChI is InChI=1S/C45H80O6/c1-4-5-6-7-25-30-35-42(46)36-31-26-21-18-19-23-28-33-38-45(49)51-40-43(47)39-50-44(48)37-32-27-22-17-15-13-11-9-8-10-12-14-16-20-24-29-34-41(2)3/h19,21,23,25-26,30-31,36,41-43,46-47H,4-18,20,22,24,27-29,32-35,37-40H2,1-3H3/b23-19-,26-21-,30-25-,36-31+/t42-,43+/m1/s1. The van der Waals surface area contributed by atoms with Gasteiger partial charge in [0.05, 0.1) is 6.10 Å². The molecule has 0 aliphatic carbocycles. The van der Waals surface area contributed by atoms with Crippen LogP contribution in [-0.2, 0) is 19.1 Å². The highest BCUT2D eigenvalue weighted by Crippen LogP contribution is 2.15. The van der Waals surface area contributed by atoms with E-state index < -0.39 is 12.2 Å². The Hall–Kier alpha value is -2.18. The number of esters is 2. The second-order valence-electron chi connectivity index (χ2n) is 14.8. The Labute approximate surface area is 314 Å². The lowest BCUT2D eigenvalue weighted by Crippen LogP contribution is -2.25. The van der Waals surface area contributed by atoms with E-state index in [0.717, 1.165) is 44.4 Å². The fraction of sp³-hybridized carbons (Fsp3) is 0.778. The van der Waals surface area contributed by atoms with Gasteiger partial charge in [-0.3, -0.25) is 9.59 Å². The molecule has 0 saturated carbocycles. The molecule has 0 amide bonds. The SMILES string of the molecule is CCCCC/C=C\C[C@@H](O)/C=C/C=C\C/C=C\CCCC(=O)OC[C@@H](O)COC(=O)CCCCCCCCCCCCCCCCCCC(C)C. The number of aliphatic hydroxyl groups is 2. The van der Waals surface area contributed by atoms with Crippen LogP contribution in [0.1, 0.15) is 194 Å². The summed E-state index contributed by atoms with van der Waals surface area (Å²) in [7, 11) is 0. The van der Waals surface area contributed by atoms with Crippen molar-refractivity contribution >= 4 is 11.9 Å². The van der Waals surface area contributed by atoms with Crippen LogP contribution in [0.2, 0.25) is 0 Å². The lowest BCUT2D eigenvalue weighted by molar-refractivity contribution is -0.152. The van der Waals surface area contributed by atoms with E-state index in [1.807, 2.05) is 30.4 Å². The number of hydrogen-bond donors (Lipinski definition) is 2. The quantitative estimate of drug-likeness (QED) is 0.0288. The molecule has 0 aromatic heterocycles. The zero-order chi connectivity index (χ0) is 37.5. The maximum atomic E-state index is 12.0. The third-order valence-electron chi connectivity index (χ3n) is 9.08. The Bertz CT molecular complexity index is 889. The average Bonchev–Trinajstić information content (AvgIpc) is 3.11. The van der Waals surface area contributed by atoms with Crippen LogP contribution in [-0.4, -0.2) is 47.6 Å². The summed E-state index contributed by atoms with van der Waals surface area (Å²) in [5.74, 6) is 0.190. The van der Waals surface area contributed by atoms with Crippen molar-refractivity contribution in [1.82, 2.24) is 0 Å². The molecule has 0 aliphatic rings. The Kier molecular flexibility index (Phi) is 37.4. The third-order valence-corrected chi connectivity index (χ3v) is 9.08. The lowest BCUT2D eigenvalue weighted by atomic mass is 10.0. The second-order valence-corrected chi connectivity index (χ2v) is 14.8. The van der Waals surface area contributed by atoms with Crippen LogP contribution >= 0.6 is 0 Å². The third kappa shape index (κ3) is 40.4. The fourth-order valence-electron chi connectivity index (χ4n) is 5.82. The molecule has 0 heterocycles. The summed E-state index contributed by atoms with van der Waals surface area (Å²) in [6.45, 7) is 6.52. The van der Waals surface area contributed by atoms with Gasteiger partial charge in [-0.25, -0.2) is 0 Å². The van der Waals surface area contributed by atoms with Crippen LogP contribution in [0.25, 0.3) is 0 Å². The number of allylic oxidation sites excluding steroid dienone is 6. The predicted molar refractivity (Wildman–Crippen MR) is 216 cm³/mol. The monoisotopic (exact) mass is 717 g/mol. The predicted octanol–water partition coefficient (Wildman–Crippen LogP) is 12.2. The highest BCUT2D eigenvalue weighted by molar-refractivity contribution is 5.69. The number of unbranched alkanes of at least 4 members (excludes halogenated alkanes) is 19. The number of carbonyl (C=O) groups is 2. The van der Waals surface area contributed by atoms with Gasteiger partial charge in [0.2, 0.25) is 0 Å². The molecule has 6 nitrogen and oxygen atoms in total. The summed E-state index contributed by atoms with van der Waals surface area (Å²) in [5.41, 5.74) is 0. The van der Waals surface area contributed by atoms with Gasteiger partial charge in [-0.05, 0) is 50.9 Å². The van der Waals surface area contributed by atoms with Crippen molar-refractivity contribution < 1.29 is 29.3 Å². The van der Waals surface area contributed by atoms with E-state index in [1.54, 1.807) is 6.08 Å². The van der Waals surface area contributed by atoms with Gasteiger partial charge >= 0.3 is 11.9 Å². The Balaban J connectivity index is 3.55. The van der Waals surface area contributed by atoms with Crippen molar-refractivity contribution in [2.24, 2.45) is 5.92 Å². The molecule has 0 fully saturated rings. The van der Waals surface area contributed by atoms with Crippen LogP contribution in [0.3, 0.4) is 0 Å². The summed E-state index contributed by atoms with van der Waals surface area (Å²) >= 11 is 0. The molecule has 2 atom stereocenters. The zero-order valence-corrected chi connectivity index (χ0v) is 33.4. The lowest BCUT2D eigenvalue weighted by Gasteiger charge is -2.12. The van der Waals surface area contributed by atoms with Gasteiger partial charge in [0.1, 0.15) is 19.3 Å². The van der Waals surface area contributed by atoms with E-state index in [1.165, 1.54) is 109 Å². The van der Waals surface area contributed by atoms with E-state index >= 15 is 0 Å². The maximum absolute atomic E-state index is 12.0. The fourth-order valence-corrected chi connectivity index (χ4v) is 5.82. The van der Waals surface area contributed by atoms with Crippen molar-refractivity contribution in [2.45, 2.75) is 206 Å². The van der Waals surface area contributed by atoms with E-state index in [9.17, 15) is 19.8 Å². The summed E-state index contributed by atoms with van der Waals surface area (Å²) in [6.07, 6.45) is 44.9. The number of hydrogen-bond acceptors (Lipinski definition) is 6. The normalized spacial score (nSPS) is 13.4. The molecular formula is C45H80O6. The van der Waals surface area contributed by atoms with Gasteiger partial charge in [0.25, 0.3) is 0 Å². The van der Waals surface area contributed by atoms with Crippen LogP contribution < -0.4 is 0 Å². The molecule has 6 heteroatoms. The summed E-state index contributed by atoms with van der Waals surface area (Å²) in [5, 5.41) is 20.0. The van der Waals surface area contributed by atoms with Crippen LogP contribution in [0.5, 0.6) is 0 Å². The molecule has 0 spiro atoms. The van der Waals surface area contributed by atoms with Crippen molar-refractivity contribution in [2.75, 3.05) is 13.2 Å². The molecule has 0 radical (unpaired) electrons. The molecule has 0 aliphatic heterocycles. The van der Waals surface area contributed by atoms with Crippen molar-refractivity contribution in [3.05, 3.63) is 48.6 Å². The average molecular weight is 717 g/mol. The highest BCUT2D eigenvalue weighted by Gasteiger charge is 2.12. The van der Waals surface area contributed by atoms with Crippen molar-refractivity contribution in [1.29, 1.82) is 0 Å². The van der Waals surface area contributed by atoms with Gasteiger partial charge in [0, 0.05) is 12.8 Å². The first kappa shape index (κ1) is 48.8. The highest BCUT2D eigenvalue weighted by atomic mass is 16.6. The van der Waals surface area contributed by atoms with E-state index in [4.69, 9.17) is 9.47 Å². The topological polar surface area (TPSA) is 93.1 Å². The summed E-state index contributed by atoms with van der Waals surface area (Å²) in [6, 6.07) is 0. The molecular weight excluding hydrogens is 636 g/mol. The molecule has 2 N–H and O–H groups in total. The number of carbonyl (C=O) groups excluding carboxylic acids is 2. The smallest absolute Gasteiger partial charge is 0.305 e. The van der Waals surface area contributed by atoms with Crippen molar-refractivity contribution in [3.63, 3.8) is 0 Å². The van der Waals surface area contributed by atoms with Gasteiger partial charge in [0.15, 0.2) is 0 Å². The largest absolute Gasteiger partial charge is 0.463 e. The van der Waals surface area contributed by atoms with Crippen LogP contribution in [0.15, 0.2) is 48.6 Å². The maximum Gasteiger partial charge on any atom is 0.305 e. The molecule has 0 aromatic carbocycles. The van der Waals surface area contributed by atoms with Gasteiger partial charge in [-0.1, -0.05) is 185 Å². The molecule has 0 rings (SSSR count). The minimum absolute atomic E-state index is 0.148. The first-order valence-electron chi connectivity index (χ1n) is 21.2. The first-order valence-corrected chi connectivity index (χ1v) is 21.2. The number of ether oxygens (including phenoxy) is 2. The van der Waals surface area contributed by atoms with Crippen LogP contribution in [0, 0.1) is 5.92 Å². The summed E-state index contributed by atoms with van der Waals surface area (Å²) < 4.78 is 10.3. The van der Waals surface area contributed by atoms with E-state index in [-0.39, 0.29) is 31.6 Å². The molecule has 51 heavy (non-hydrogen) atoms. The zero-order valence-electron chi connectivity index (χ0n) is 33.4. The van der Waals surface area contributed by atoms with Gasteiger partial charge < -0.3 is 19.7 Å². The molecule has 0 unspecified atom stereocenters. The molecule has 0 aromatic rings. The van der Waals surface area contributed by atoms with Gasteiger partial charge in [-0.2, -0.15) is 0 Å². The molecule has 0 saturated heterocycles.